The first-order chi connectivity index (χ1) is 14.2. The lowest BCUT2D eigenvalue weighted by Crippen LogP contribution is -2.44. The molecule has 2 amide bonds. The Bertz CT molecular complexity index is 699. The highest BCUT2D eigenvalue weighted by Gasteiger charge is 2.24. The van der Waals surface area contributed by atoms with Gasteiger partial charge in [-0.25, -0.2) is 4.79 Å². The lowest BCUT2D eigenvalue weighted by Gasteiger charge is -2.18. The van der Waals surface area contributed by atoms with Crippen molar-refractivity contribution in [1.82, 2.24) is 10.6 Å². The minimum atomic E-state index is -0.850. The molecule has 8 heteroatoms. The Labute approximate surface area is 188 Å². The van der Waals surface area contributed by atoms with Crippen molar-refractivity contribution in [1.29, 1.82) is 0 Å². The maximum atomic E-state index is 12.5. The molecule has 30 heavy (non-hydrogen) atoms. The van der Waals surface area contributed by atoms with Crippen LogP contribution in [0, 0.1) is 5.92 Å². The fraction of sp³-hybridized carbons (Fsp3) is 0.591. The minimum absolute atomic E-state index is 0.0159. The molecule has 0 bridgehead atoms. The first-order valence-electron chi connectivity index (χ1n) is 10.2. The Morgan fingerprint density at radius 3 is 2.40 bits per heavy atom. The second kappa shape index (κ2) is 14.3. The van der Waals surface area contributed by atoms with Gasteiger partial charge in [0.1, 0.15) is 6.04 Å². The Hall–Kier alpha value is -1.73. The molecule has 1 aromatic rings. The van der Waals surface area contributed by atoms with Gasteiger partial charge in [-0.3, -0.25) is 9.59 Å². The molecule has 168 valence electrons. The minimum Gasteiger partial charge on any atom is -0.454 e. The maximum absolute atomic E-state index is 12.5. The molecule has 0 aliphatic carbocycles. The standard InChI is InChI=1S/C22H33ClN2O4S/c1-15(2)8-7-9-16(3)24-20(26)14-29-22(28)19(12-13-30-4)25-21(27)17-10-5-6-11-18(17)23/h5-6,10-11,15-16,19H,7-9,12-14H2,1-4H3,(H,24,26)(H,25,27). The largest absolute Gasteiger partial charge is 0.454 e. The average molecular weight is 457 g/mol. The summed E-state index contributed by atoms with van der Waals surface area (Å²) < 4.78 is 5.17. The quantitative estimate of drug-likeness (QED) is 0.437. The number of halogens is 1. The van der Waals surface area contributed by atoms with Crippen LogP contribution in [0.4, 0.5) is 0 Å². The van der Waals surface area contributed by atoms with Gasteiger partial charge in [-0.2, -0.15) is 11.8 Å². The molecule has 0 fully saturated rings. The van der Waals surface area contributed by atoms with Crippen LogP contribution in [0.2, 0.25) is 5.02 Å². The molecule has 0 heterocycles. The van der Waals surface area contributed by atoms with Crippen LogP contribution in [-0.2, 0) is 14.3 Å². The highest BCUT2D eigenvalue weighted by Crippen LogP contribution is 2.15. The molecule has 2 N–H and O–H groups in total. The number of hydrogen-bond acceptors (Lipinski definition) is 5. The number of ether oxygens (including phenoxy) is 1. The third-order valence-electron chi connectivity index (χ3n) is 4.49. The lowest BCUT2D eigenvalue weighted by atomic mass is 10.0. The van der Waals surface area contributed by atoms with Crippen molar-refractivity contribution in [2.75, 3.05) is 18.6 Å². The van der Waals surface area contributed by atoms with E-state index in [1.54, 1.807) is 36.0 Å². The van der Waals surface area contributed by atoms with Crippen molar-refractivity contribution in [3.8, 4) is 0 Å². The van der Waals surface area contributed by atoms with Gasteiger partial charge in [-0.05, 0) is 49.8 Å². The third kappa shape index (κ3) is 10.3. The molecule has 1 rings (SSSR count). The fourth-order valence-electron chi connectivity index (χ4n) is 2.82. The van der Waals surface area contributed by atoms with Crippen molar-refractivity contribution >= 4 is 41.1 Å². The number of benzene rings is 1. The average Bonchev–Trinajstić information content (AvgIpc) is 2.69. The molecule has 0 radical (unpaired) electrons. The van der Waals surface area contributed by atoms with Gasteiger partial charge in [-0.1, -0.05) is 50.4 Å². The summed E-state index contributed by atoms with van der Waals surface area (Å²) in [5, 5.41) is 5.81. The van der Waals surface area contributed by atoms with Crippen LogP contribution < -0.4 is 10.6 Å². The number of esters is 1. The van der Waals surface area contributed by atoms with E-state index in [4.69, 9.17) is 16.3 Å². The first-order valence-corrected chi connectivity index (χ1v) is 12.0. The van der Waals surface area contributed by atoms with Gasteiger partial charge in [0.15, 0.2) is 6.61 Å². The normalized spacial score (nSPS) is 12.9. The highest BCUT2D eigenvalue weighted by molar-refractivity contribution is 7.98. The zero-order chi connectivity index (χ0) is 22.5. The van der Waals surface area contributed by atoms with Crippen LogP contribution in [0.5, 0.6) is 0 Å². The summed E-state index contributed by atoms with van der Waals surface area (Å²) in [4.78, 5) is 37.0. The molecule has 2 atom stereocenters. The van der Waals surface area contributed by atoms with Crippen LogP contribution in [0.1, 0.15) is 56.8 Å². The Balaban J connectivity index is 2.55. The monoisotopic (exact) mass is 456 g/mol. The number of thioether (sulfide) groups is 1. The molecule has 0 aliphatic rings. The Morgan fingerprint density at radius 1 is 1.07 bits per heavy atom. The number of nitrogens with one attached hydrogen (secondary N) is 2. The number of carbonyl (C=O) groups is 3. The van der Waals surface area contributed by atoms with Crippen molar-refractivity contribution in [2.24, 2.45) is 5.92 Å². The second-order valence-corrected chi connectivity index (χ2v) is 9.08. The number of rotatable bonds is 13. The Morgan fingerprint density at radius 2 is 1.77 bits per heavy atom. The predicted octanol–water partition coefficient (Wildman–Crippen LogP) is 4.07. The molecule has 0 aliphatic heterocycles. The molecule has 6 nitrogen and oxygen atoms in total. The van der Waals surface area contributed by atoms with E-state index in [2.05, 4.69) is 24.5 Å². The summed E-state index contributed by atoms with van der Waals surface area (Å²) in [6.07, 6.45) is 5.32. The lowest BCUT2D eigenvalue weighted by molar-refractivity contribution is -0.150. The molecular formula is C22H33ClN2O4S. The zero-order valence-corrected chi connectivity index (χ0v) is 19.8. The third-order valence-corrected chi connectivity index (χ3v) is 5.46. The van der Waals surface area contributed by atoms with Gasteiger partial charge in [0.05, 0.1) is 10.6 Å². The molecular weight excluding hydrogens is 424 g/mol. The molecule has 0 spiro atoms. The van der Waals surface area contributed by atoms with Crippen molar-refractivity contribution < 1.29 is 19.1 Å². The number of hydrogen-bond donors (Lipinski definition) is 2. The Kier molecular flexibility index (Phi) is 12.5. The van der Waals surface area contributed by atoms with E-state index in [9.17, 15) is 14.4 Å². The summed E-state index contributed by atoms with van der Waals surface area (Å²) in [5.41, 5.74) is 0.286. The summed E-state index contributed by atoms with van der Waals surface area (Å²) in [6.45, 7) is 5.90. The van der Waals surface area contributed by atoms with E-state index in [0.29, 0.717) is 23.1 Å². The topological polar surface area (TPSA) is 84.5 Å². The van der Waals surface area contributed by atoms with Crippen molar-refractivity contribution in [3.63, 3.8) is 0 Å². The fourth-order valence-corrected chi connectivity index (χ4v) is 3.52. The SMILES string of the molecule is CSCCC(NC(=O)c1ccccc1Cl)C(=O)OCC(=O)NC(C)CCCC(C)C. The van der Waals surface area contributed by atoms with Crippen molar-refractivity contribution in [3.05, 3.63) is 34.9 Å². The highest BCUT2D eigenvalue weighted by atomic mass is 35.5. The van der Waals surface area contributed by atoms with Gasteiger partial charge in [0, 0.05) is 6.04 Å². The van der Waals surface area contributed by atoms with E-state index >= 15 is 0 Å². The molecule has 0 saturated carbocycles. The first kappa shape index (κ1) is 26.3. The van der Waals surface area contributed by atoms with Gasteiger partial charge in [0.25, 0.3) is 11.8 Å². The van der Waals surface area contributed by atoms with Gasteiger partial charge < -0.3 is 15.4 Å². The molecule has 0 aromatic heterocycles. The summed E-state index contributed by atoms with van der Waals surface area (Å²) in [5.74, 6) is -0.143. The van der Waals surface area contributed by atoms with Crippen LogP contribution in [-0.4, -0.2) is 48.5 Å². The van der Waals surface area contributed by atoms with Crippen LogP contribution in [0.15, 0.2) is 24.3 Å². The smallest absolute Gasteiger partial charge is 0.329 e. The maximum Gasteiger partial charge on any atom is 0.329 e. The molecule has 2 unspecified atom stereocenters. The van der Waals surface area contributed by atoms with E-state index in [0.717, 1.165) is 19.3 Å². The molecule has 0 saturated heterocycles. The predicted molar refractivity (Wildman–Crippen MR) is 123 cm³/mol. The van der Waals surface area contributed by atoms with E-state index in [1.807, 2.05) is 13.2 Å². The van der Waals surface area contributed by atoms with Gasteiger partial charge in [0.2, 0.25) is 0 Å². The van der Waals surface area contributed by atoms with Crippen molar-refractivity contribution in [2.45, 2.75) is 58.5 Å². The van der Waals surface area contributed by atoms with Crippen LogP contribution in [0.25, 0.3) is 0 Å². The van der Waals surface area contributed by atoms with Gasteiger partial charge >= 0.3 is 5.97 Å². The van der Waals surface area contributed by atoms with Gasteiger partial charge in [-0.15, -0.1) is 0 Å². The zero-order valence-electron chi connectivity index (χ0n) is 18.2. The van der Waals surface area contributed by atoms with Crippen LogP contribution in [0.3, 0.4) is 0 Å². The summed E-state index contributed by atoms with van der Waals surface area (Å²) in [7, 11) is 0. The number of amides is 2. The van der Waals surface area contributed by atoms with E-state index < -0.39 is 17.9 Å². The molecule has 1 aromatic carbocycles. The van der Waals surface area contributed by atoms with Crippen LogP contribution >= 0.6 is 23.4 Å². The number of carbonyl (C=O) groups excluding carboxylic acids is 3. The van der Waals surface area contributed by atoms with E-state index in [1.165, 1.54) is 0 Å². The van der Waals surface area contributed by atoms with E-state index in [-0.39, 0.29) is 24.1 Å². The summed E-state index contributed by atoms with van der Waals surface area (Å²) in [6, 6.07) is 5.78. The second-order valence-electron chi connectivity index (χ2n) is 7.69. The summed E-state index contributed by atoms with van der Waals surface area (Å²) >= 11 is 7.61.